The van der Waals surface area contributed by atoms with Gasteiger partial charge in [-0.3, -0.25) is 19.1 Å². The fourth-order valence-electron chi connectivity index (χ4n) is 4.22. The van der Waals surface area contributed by atoms with Gasteiger partial charge in [0.05, 0.1) is 4.91 Å². The molecule has 166 valence electrons. The van der Waals surface area contributed by atoms with Crippen molar-refractivity contribution in [3.63, 3.8) is 0 Å². The van der Waals surface area contributed by atoms with Gasteiger partial charge in [0.25, 0.3) is 11.5 Å². The molecule has 6 nitrogen and oxygen atoms in total. The van der Waals surface area contributed by atoms with Gasteiger partial charge in [0.1, 0.15) is 21.8 Å². The molecule has 1 amide bonds. The van der Waals surface area contributed by atoms with Gasteiger partial charge in [-0.1, -0.05) is 56.6 Å². The van der Waals surface area contributed by atoms with E-state index in [1.165, 1.54) is 24.6 Å². The highest BCUT2D eigenvalue weighted by molar-refractivity contribution is 8.26. The van der Waals surface area contributed by atoms with E-state index in [0.29, 0.717) is 21.3 Å². The van der Waals surface area contributed by atoms with Crippen LogP contribution in [0, 0.1) is 18.3 Å². The first-order valence-electron chi connectivity index (χ1n) is 11.0. The van der Waals surface area contributed by atoms with Crippen LogP contribution in [0.1, 0.15) is 68.6 Å². The van der Waals surface area contributed by atoms with Crippen molar-refractivity contribution >= 4 is 46.1 Å². The van der Waals surface area contributed by atoms with E-state index < -0.39 is 0 Å². The Labute approximate surface area is 193 Å². The standard InChI is InChI=1S/C23H30N4O2S2/c1-4-5-8-13-27-22(29)19(31-23(27)30)14-17-16(2)18(15-24)21(28)25(3)20(17)26-11-9-6-7-10-12-26/h14H,4-13H2,1-3H3/b19-14+. The Balaban J connectivity index is 2.08. The van der Waals surface area contributed by atoms with Crippen molar-refractivity contribution in [3.05, 3.63) is 31.9 Å². The summed E-state index contributed by atoms with van der Waals surface area (Å²) in [5.74, 6) is 0.708. The maximum Gasteiger partial charge on any atom is 0.270 e. The minimum absolute atomic E-state index is 0.0836. The summed E-state index contributed by atoms with van der Waals surface area (Å²) < 4.78 is 2.15. The summed E-state index contributed by atoms with van der Waals surface area (Å²) >= 11 is 6.78. The summed E-state index contributed by atoms with van der Waals surface area (Å²) in [6.45, 7) is 6.28. The Morgan fingerprint density at radius 2 is 1.84 bits per heavy atom. The highest BCUT2D eigenvalue weighted by Crippen LogP contribution is 2.36. The first kappa shape index (κ1) is 23.6. The average Bonchev–Trinajstić information content (AvgIpc) is 2.93. The van der Waals surface area contributed by atoms with Crippen LogP contribution in [0.2, 0.25) is 0 Å². The minimum Gasteiger partial charge on any atom is -0.357 e. The summed E-state index contributed by atoms with van der Waals surface area (Å²) in [6.07, 6.45) is 9.37. The van der Waals surface area contributed by atoms with Gasteiger partial charge in [0.15, 0.2) is 0 Å². The number of nitrogens with zero attached hydrogens (tertiary/aromatic N) is 4. The SMILES string of the molecule is CCCCCN1C(=O)/C(=C\c2c(C)c(C#N)c(=O)n(C)c2N2CCCCCC2)SC1=S. The molecule has 0 aliphatic carbocycles. The third-order valence-electron chi connectivity index (χ3n) is 6.01. The van der Waals surface area contributed by atoms with Crippen molar-refractivity contribution in [2.75, 3.05) is 24.5 Å². The number of carbonyl (C=O) groups excluding carboxylic acids is 1. The van der Waals surface area contributed by atoms with Crippen molar-refractivity contribution in [3.8, 4) is 6.07 Å². The number of thioether (sulfide) groups is 1. The smallest absolute Gasteiger partial charge is 0.270 e. The summed E-state index contributed by atoms with van der Waals surface area (Å²) in [7, 11) is 1.72. The third kappa shape index (κ3) is 4.88. The first-order valence-corrected chi connectivity index (χ1v) is 12.3. The molecule has 0 bridgehead atoms. The van der Waals surface area contributed by atoms with E-state index in [0.717, 1.165) is 56.6 Å². The van der Waals surface area contributed by atoms with E-state index in [9.17, 15) is 14.9 Å². The fourth-order valence-corrected chi connectivity index (χ4v) is 5.51. The van der Waals surface area contributed by atoms with Gasteiger partial charge < -0.3 is 4.90 Å². The Morgan fingerprint density at radius 3 is 2.45 bits per heavy atom. The lowest BCUT2D eigenvalue weighted by molar-refractivity contribution is -0.122. The number of rotatable bonds is 6. The summed E-state index contributed by atoms with van der Waals surface area (Å²) in [6, 6.07) is 2.07. The second-order valence-electron chi connectivity index (χ2n) is 8.15. The molecule has 31 heavy (non-hydrogen) atoms. The van der Waals surface area contributed by atoms with Crippen LogP contribution in [-0.2, 0) is 11.8 Å². The van der Waals surface area contributed by atoms with Crippen molar-refractivity contribution in [1.29, 1.82) is 5.26 Å². The topological polar surface area (TPSA) is 69.3 Å². The second kappa shape index (κ2) is 10.5. The molecule has 1 aromatic heterocycles. The van der Waals surface area contributed by atoms with E-state index in [-0.39, 0.29) is 17.0 Å². The van der Waals surface area contributed by atoms with Crippen LogP contribution in [0.5, 0.6) is 0 Å². The normalized spacial score (nSPS) is 18.6. The number of nitriles is 1. The Hall–Kier alpha value is -2.11. The quantitative estimate of drug-likeness (QED) is 0.359. The van der Waals surface area contributed by atoms with Gasteiger partial charge in [-0.05, 0) is 37.8 Å². The number of thiocarbonyl (C=S) groups is 1. The number of hydrogen-bond acceptors (Lipinski definition) is 6. The van der Waals surface area contributed by atoms with Crippen LogP contribution >= 0.6 is 24.0 Å². The van der Waals surface area contributed by atoms with Gasteiger partial charge in [0, 0.05) is 32.2 Å². The predicted molar refractivity (Wildman–Crippen MR) is 131 cm³/mol. The number of carbonyl (C=O) groups is 1. The number of pyridine rings is 1. The molecule has 8 heteroatoms. The zero-order valence-electron chi connectivity index (χ0n) is 18.6. The summed E-state index contributed by atoms with van der Waals surface area (Å²) in [5.41, 5.74) is 1.24. The van der Waals surface area contributed by atoms with Crippen molar-refractivity contribution in [2.24, 2.45) is 7.05 Å². The lowest BCUT2D eigenvalue weighted by Gasteiger charge is -2.28. The lowest BCUT2D eigenvalue weighted by atomic mass is 10.0. The second-order valence-corrected chi connectivity index (χ2v) is 9.83. The van der Waals surface area contributed by atoms with E-state index >= 15 is 0 Å². The van der Waals surface area contributed by atoms with Crippen LogP contribution < -0.4 is 10.5 Å². The Morgan fingerprint density at radius 1 is 1.16 bits per heavy atom. The molecule has 0 atom stereocenters. The highest BCUT2D eigenvalue weighted by Gasteiger charge is 2.32. The minimum atomic E-state index is -0.288. The van der Waals surface area contributed by atoms with E-state index in [2.05, 4.69) is 17.9 Å². The molecule has 2 aliphatic rings. The molecular weight excluding hydrogens is 428 g/mol. The molecule has 0 radical (unpaired) electrons. The molecule has 0 aromatic carbocycles. The van der Waals surface area contributed by atoms with E-state index in [1.54, 1.807) is 23.4 Å². The largest absolute Gasteiger partial charge is 0.357 e. The van der Waals surface area contributed by atoms with Crippen LogP contribution in [0.4, 0.5) is 5.82 Å². The van der Waals surface area contributed by atoms with Gasteiger partial charge in [-0.15, -0.1) is 0 Å². The average molecular weight is 459 g/mol. The molecule has 3 rings (SSSR count). The van der Waals surface area contributed by atoms with E-state index in [4.69, 9.17) is 12.2 Å². The first-order chi connectivity index (χ1) is 14.9. The fraction of sp³-hybridized carbons (Fsp3) is 0.565. The summed E-state index contributed by atoms with van der Waals surface area (Å²) in [5, 5.41) is 9.61. The Bertz CT molecular complexity index is 998. The molecule has 0 saturated carbocycles. The van der Waals surface area contributed by atoms with Crippen LogP contribution in [0.25, 0.3) is 6.08 Å². The molecule has 0 spiro atoms. The van der Waals surface area contributed by atoms with Gasteiger partial charge in [-0.25, -0.2) is 0 Å². The number of amides is 1. The van der Waals surface area contributed by atoms with Crippen LogP contribution in [0.3, 0.4) is 0 Å². The molecule has 2 fully saturated rings. The molecule has 0 unspecified atom stereocenters. The molecular formula is C23H30N4O2S2. The number of hydrogen-bond donors (Lipinski definition) is 0. The molecule has 0 N–H and O–H groups in total. The monoisotopic (exact) mass is 458 g/mol. The lowest BCUT2D eigenvalue weighted by Crippen LogP contribution is -2.34. The highest BCUT2D eigenvalue weighted by atomic mass is 32.2. The molecule has 3 heterocycles. The number of anilines is 1. The number of unbranched alkanes of at least 4 members (excludes halogenated alkanes) is 2. The van der Waals surface area contributed by atoms with Crippen molar-refractivity contribution in [2.45, 2.75) is 58.8 Å². The van der Waals surface area contributed by atoms with Crippen molar-refractivity contribution in [1.82, 2.24) is 9.47 Å². The van der Waals surface area contributed by atoms with Crippen LogP contribution in [-0.4, -0.2) is 39.3 Å². The van der Waals surface area contributed by atoms with E-state index in [1.807, 2.05) is 6.08 Å². The predicted octanol–water partition coefficient (Wildman–Crippen LogP) is 4.34. The van der Waals surface area contributed by atoms with Gasteiger partial charge in [-0.2, -0.15) is 5.26 Å². The van der Waals surface area contributed by atoms with Crippen molar-refractivity contribution < 1.29 is 4.79 Å². The number of aromatic nitrogens is 1. The molecule has 2 aliphatic heterocycles. The zero-order valence-corrected chi connectivity index (χ0v) is 20.2. The molecule has 2 saturated heterocycles. The molecule has 1 aromatic rings. The third-order valence-corrected chi connectivity index (χ3v) is 7.39. The Kier molecular flexibility index (Phi) is 7.95. The van der Waals surface area contributed by atoms with Gasteiger partial charge in [0.2, 0.25) is 0 Å². The van der Waals surface area contributed by atoms with Crippen LogP contribution in [0.15, 0.2) is 9.70 Å². The van der Waals surface area contributed by atoms with Gasteiger partial charge >= 0.3 is 0 Å². The maximum absolute atomic E-state index is 13.1. The maximum atomic E-state index is 13.1. The zero-order chi connectivity index (χ0) is 22.5. The summed E-state index contributed by atoms with van der Waals surface area (Å²) in [4.78, 5) is 30.4.